The van der Waals surface area contributed by atoms with Crippen molar-refractivity contribution in [2.75, 3.05) is 20.1 Å². The van der Waals surface area contributed by atoms with Crippen LogP contribution < -0.4 is 0 Å². The van der Waals surface area contributed by atoms with Crippen LogP contribution in [0.3, 0.4) is 0 Å². The van der Waals surface area contributed by atoms with Crippen LogP contribution in [0.15, 0.2) is 54.7 Å². The normalized spacial score (nSPS) is 13.4. The summed E-state index contributed by atoms with van der Waals surface area (Å²) in [5.74, 6) is 0.295. The lowest BCUT2D eigenvalue weighted by atomic mass is 9.97. The van der Waals surface area contributed by atoms with Crippen molar-refractivity contribution in [2.45, 2.75) is 45.1 Å². The molecule has 0 unspecified atom stereocenters. The first-order chi connectivity index (χ1) is 13.7. The molecule has 28 heavy (non-hydrogen) atoms. The molecule has 2 heterocycles. The van der Waals surface area contributed by atoms with Gasteiger partial charge in [0.1, 0.15) is 0 Å². The van der Waals surface area contributed by atoms with E-state index in [0.29, 0.717) is 12.2 Å². The van der Waals surface area contributed by atoms with E-state index in [4.69, 9.17) is 0 Å². The van der Waals surface area contributed by atoms with Crippen LogP contribution in [0.4, 0.5) is 0 Å². The average molecular weight is 375 g/mol. The summed E-state index contributed by atoms with van der Waals surface area (Å²) in [5, 5.41) is 1.22. The Labute approximate surface area is 168 Å². The first-order valence-corrected chi connectivity index (χ1v) is 10.6. The first-order valence-electron chi connectivity index (χ1n) is 10.6. The number of carbonyl (C=O) groups is 1. The van der Waals surface area contributed by atoms with Crippen LogP contribution in [0.2, 0.25) is 0 Å². The molecule has 1 aliphatic heterocycles. The lowest BCUT2D eigenvalue weighted by Gasteiger charge is -2.17. The maximum Gasteiger partial charge on any atom is 0.162 e. The van der Waals surface area contributed by atoms with Crippen LogP contribution in [0.5, 0.6) is 0 Å². The van der Waals surface area contributed by atoms with Gasteiger partial charge < -0.3 is 9.47 Å². The lowest BCUT2D eigenvalue weighted by Crippen LogP contribution is -2.22. The minimum atomic E-state index is 0.295. The van der Waals surface area contributed by atoms with Gasteiger partial charge in [-0.15, -0.1) is 0 Å². The number of hydrogen-bond donors (Lipinski definition) is 0. The van der Waals surface area contributed by atoms with Crippen LogP contribution in [0.25, 0.3) is 10.9 Å². The number of aryl methyl sites for hydroxylation is 2. The van der Waals surface area contributed by atoms with Crippen molar-refractivity contribution in [2.24, 2.45) is 0 Å². The number of Topliss-reactive ketones (excluding diaryl/α,β-unsaturated/α-hetero) is 1. The summed E-state index contributed by atoms with van der Waals surface area (Å²) in [6, 6.07) is 17.0. The highest BCUT2D eigenvalue weighted by molar-refractivity contribution is 6.00. The molecule has 0 bridgehead atoms. The lowest BCUT2D eigenvalue weighted by molar-refractivity contribution is 0.0978. The fraction of sp³-hybridized carbons (Fsp3) is 0.400. The quantitative estimate of drug-likeness (QED) is 0.384. The largest absolute Gasteiger partial charge is 0.347 e. The number of rotatable bonds is 9. The first kappa shape index (κ1) is 18.9. The molecule has 0 saturated heterocycles. The molecule has 0 saturated carbocycles. The van der Waals surface area contributed by atoms with Crippen LogP contribution in [0.1, 0.15) is 47.2 Å². The van der Waals surface area contributed by atoms with E-state index in [0.717, 1.165) is 50.9 Å². The van der Waals surface area contributed by atoms with Gasteiger partial charge in [-0.1, -0.05) is 30.3 Å². The Morgan fingerprint density at radius 3 is 2.79 bits per heavy atom. The van der Waals surface area contributed by atoms with Crippen molar-refractivity contribution >= 4 is 16.7 Å². The van der Waals surface area contributed by atoms with E-state index in [2.05, 4.69) is 71.2 Å². The van der Waals surface area contributed by atoms with E-state index in [1.54, 1.807) is 0 Å². The molecule has 1 aliphatic rings. The summed E-state index contributed by atoms with van der Waals surface area (Å²) >= 11 is 0. The van der Waals surface area contributed by atoms with Gasteiger partial charge in [0.2, 0.25) is 0 Å². The number of hydrogen-bond acceptors (Lipinski definition) is 2. The summed E-state index contributed by atoms with van der Waals surface area (Å²) in [4.78, 5) is 15.1. The van der Waals surface area contributed by atoms with Crippen LogP contribution in [-0.4, -0.2) is 35.4 Å². The van der Waals surface area contributed by atoms with Crippen molar-refractivity contribution in [1.82, 2.24) is 9.47 Å². The molecule has 1 aromatic heterocycles. The molecule has 0 N–H and O–H groups in total. The Balaban J connectivity index is 1.24. The number of unbranched alkanes of at least 4 members (excludes halogenated alkanes) is 1. The Morgan fingerprint density at radius 1 is 1.07 bits per heavy atom. The standard InChI is InChI=1S/C25H30N2O/c1-26(16-12-20-8-3-2-4-9-20)14-6-5-11-24(28)23-18-21-10-7-15-27-17-13-22(19-23)25(21)27/h2-4,8-9,13,17-19H,5-7,10-12,14-16H2,1H3. The number of carbonyl (C=O) groups excluding carboxylic acids is 1. The molecule has 2 aromatic carbocycles. The van der Waals surface area contributed by atoms with Gasteiger partial charge in [-0.2, -0.15) is 0 Å². The Hall–Kier alpha value is -2.39. The highest BCUT2D eigenvalue weighted by Crippen LogP contribution is 2.28. The van der Waals surface area contributed by atoms with Crippen LogP contribution in [0, 0.1) is 0 Å². The molecule has 0 spiro atoms. The molecule has 3 nitrogen and oxygen atoms in total. The van der Waals surface area contributed by atoms with Crippen molar-refractivity contribution in [3.05, 3.63) is 71.4 Å². The van der Waals surface area contributed by atoms with Crippen molar-refractivity contribution < 1.29 is 4.79 Å². The smallest absolute Gasteiger partial charge is 0.162 e. The van der Waals surface area contributed by atoms with Crippen molar-refractivity contribution in [3.63, 3.8) is 0 Å². The summed E-state index contributed by atoms with van der Waals surface area (Å²) in [6.07, 6.45) is 8.19. The fourth-order valence-corrected chi connectivity index (χ4v) is 4.31. The van der Waals surface area contributed by atoms with Crippen molar-refractivity contribution in [3.8, 4) is 0 Å². The summed E-state index contributed by atoms with van der Waals surface area (Å²) in [6.45, 7) is 3.21. The Morgan fingerprint density at radius 2 is 1.93 bits per heavy atom. The van der Waals surface area contributed by atoms with E-state index in [9.17, 15) is 4.79 Å². The zero-order valence-electron chi connectivity index (χ0n) is 16.9. The highest BCUT2D eigenvalue weighted by atomic mass is 16.1. The molecular formula is C25H30N2O. The number of ketones is 1. The predicted molar refractivity (Wildman–Crippen MR) is 116 cm³/mol. The third-order valence-electron chi connectivity index (χ3n) is 5.93. The molecule has 0 fully saturated rings. The van der Waals surface area contributed by atoms with Gasteiger partial charge in [-0.25, -0.2) is 0 Å². The topological polar surface area (TPSA) is 25.2 Å². The van der Waals surface area contributed by atoms with E-state index >= 15 is 0 Å². The van der Waals surface area contributed by atoms with Gasteiger partial charge in [0.25, 0.3) is 0 Å². The van der Waals surface area contributed by atoms with E-state index in [-0.39, 0.29) is 0 Å². The Bertz CT molecular complexity index is 942. The molecule has 4 rings (SSSR count). The number of likely N-dealkylation sites (N-methyl/N-ethyl adjacent to an activating group) is 1. The summed E-state index contributed by atoms with van der Waals surface area (Å²) in [7, 11) is 2.17. The van der Waals surface area contributed by atoms with Crippen molar-refractivity contribution in [1.29, 1.82) is 0 Å². The van der Waals surface area contributed by atoms with E-state index < -0.39 is 0 Å². The van der Waals surface area contributed by atoms with Crippen LogP contribution >= 0.6 is 0 Å². The Kier molecular flexibility index (Phi) is 5.92. The van der Waals surface area contributed by atoms with E-state index in [1.165, 1.54) is 28.5 Å². The van der Waals surface area contributed by atoms with Gasteiger partial charge in [0, 0.05) is 36.7 Å². The maximum absolute atomic E-state index is 12.7. The fourth-order valence-electron chi connectivity index (χ4n) is 4.31. The molecule has 0 radical (unpaired) electrons. The predicted octanol–water partition coefficient (Wildman–Crippen LogP) is 5.12. The minimum Gasteiger partial charge on any atom is -0.347 e. The van der Waals surface area contributed by atoms with E-state index in [1.807, 2.05) is 0 Å². The second kappa shape index (κ2) is 8.74. The third kappa shape index (κ3) is 4.36. The molecule has 0 amide bonds. The van der Waals surface area contributed by atoms with Gasteiger partial charge in [-0.05, 0) is 75.0 Å². The third-order valence-corrected chi connectivity index (χ3v) is 5.93. The molecule has 3 aromatic rings. The van der Waals surface area contributed by atoms with Gasteiger partial charge in [0.05, 0.1) is 5.52 Å². The van der Waals surface area contributed by atoms with Gasteiger partial charge in [0.15, 0.2) is 5.78 Å². The SMILES string of the molecule is CN(CCCCC(=O)c1cc2c3c(ccn3CCC2)c1)CCc1ccccc1. The molecule has 3 heteroatoms. The highest BCUT2D eigenvalue weighted by Gasteiger charge is 2.16. The molecule has 0 aliphatic carbocycles. The molecule has 146 valence electrons. The summed E-state index contributed by atoms with van der Waals surface area (Å²) < 4.78 is 2.33. The summed E-state index contributed by atoms with van der Waals surface area (Å²) in [5.41, 5.74) is 4.97. The zero-order valence-corrected chi connectivity index (χ0v) is 16.9. The second-order valence-corrected chi connectivity index (χ2v) is 8.11. The molecular weight excluding hydrogens is 344 g/mol. The number of nitrogens with zero attached hydrogens (tertiary/aromatic N) is 2. The van der Waals surface area contributed by atoms with Crippen LogP contribution in [-0.2, 0) is 19.4 Å². The minimum absolute atomic E-state index is 0.295. The maximum atomic E-state index is 12.7. The number of aromatic nitrogens is 1. The number of benzene rings is 2. The molecule has 0 atom stereocenters. The monoisotopic (exact) mass is 374 g/mol. The zero-order chi connectivity index (χ0) is 19.3. The van der Waals surface area contributed by atoms with Gasteiger partial charge >= 0.3 is 0 Å². The second-order valence-electron chi connectivity index (χ2n) is 8.11. The average Bonchev–Trinajstić information content (AvgIpc) is 3.15. The van der Waals surface area contributed by atoms with Gasteiger partial charge in [-0.3, -0.25) is 4.79 Å².